The number of amides is 1. The first-order chi connectivity index (χ1) is 14.6. The highest BCUT2D eigenvalue weighted by molar-refractivity contribution is 6.31. The van der Waals surface area contributed by atoms with Gasteiger partial charge in [0.1, 0.15) is 11.7 Å². The molecule has 31 heavy (non-hydrogen) atoms. The van der Waals surface area contributed by atoms with E-state index in [0.29, 0.717) is 16.1 Å². The van der Waals surface area contributed by atoms with E-state index in [9.17, 15) is 9.90 Å². The summed E-state index contributed by atoms with van der Waals surface area (Å²) in [5.74, 6) is 0. The molecule has 0 aliphatic carbocycles. The van der Waals surface area contributed by atoms with E-state index in [1.165, 1.54) is 0 Å². The summed E-state index contributed by atoms with van der Waals surface area (Å²) in [7, 11) is 0. The highest BCUT2D eigenvalue weighted by Crippen LogP contribution is 2.32. The van der Waals surface area contributed by atoms with E-state index < -0.39 is 23.8 Å². The number of alkyl carbamates (subject to hydrolysis) is 1. The van der Waals surface area contributed by atoms with Crippen LogP contribution in [0.25, 0.3) is 11.1 Å². The van der Waals surface area contributed by atoms with Crippen molar-refractivity contribution < 1.29 is 14.6 Å². The molecule has 0 saturated carbocycles. The van der Waals surface area contributed by atoms with Gasteiger partial charge in [0.15, 0.2) is 0 Å². The summed E-state index contributed by atoms with van der Waals surface area (Å²) in [6.07, 6.45) is 1.89. The van der Waals surface area contributed by atoms with Crippen LogP contribution < -0.4 is 5.32 Å². The number of aryl methyl sites for hydroxylation is 1. The first kappa shape index (κ1) is 22.8. The predicted molar refractivity (Wildman–Crippen MR) is 123 cm³/mol. The zero-order chi connectivity index (χ0) is 22.6. The van der Waals surface area contributed by atoms with Gasteiger partial charge in [-0.05, 0) is 67.6 Å². The van der Waals surface area contributed by atoms with Crippen molar-refractivity contribution in [2.45, 2.75) is 45.4 Å². The van der Waals surface area contributed by atoms with Crippen LogP contribution in [-0.2, 0) is 4.74 Å². The number of aliphatic hydroxyl groups is 1. The van der Waals surface area contributed by atoms with Crippen LogP contribution in [-0.4, -0.2) is 21.8 Å². The molecule has 1 amide bonds. The lowest BCUT2D eigenvalue weighted by atomic mass is 9.94. The normalized spacial score (nSPS) is 13.4. The van der Waals surface area contributed by atoms with E-state index in [1.807, 2.05) is 55.5 Å². The number of aromatic nitrogens is 1. The first-order valence-corrected chi connectivity index (χ1v) is 10.5. The lowest BCUT2D eigenvalue weighted by Gasteiger charge is -2.27. The molecule has 0 aliphatic heterocycles. The van der Waals surface area contributed by atoms with Crippen molar-refractivity contribution in [2.24, 2.45) is 0 Å². The van der Waals surface area contributed by atoms with Crippen LogP contribution in [0.1, 0.15) is 49.6 Å². The Morgan fingerprint density at radius 1 is 1.06 bits per heavy atom. The summed E-state index contributed by atoms with van der Waals surface area (Å²) >= 11 is 6.31. The number of halogens is 1. The monoisotopic (exact) mass is 438 g/mol. The Kier molecular flexibility index (Phi) is 6.98. The molecule has 2 unspecified atom stereocenters. The number of rotatable bonds is 5. The van der Waals surface area contributed by atoms with Crippen LogP contribution in [0.2, 0.25) is 5.02 Å². The quantitative estimate of drug-likeness (QED) is 0.511. The second kappa shape index (κ2) is 9.50. The Bertz CT molecular complexity index is 1030. The number of carbonyl (C=O) groups is 1. The Morgan fingerprint density at radius 2 is 1.74 bits per heavy atom. The van der Waals surface area contributed by atoms with Crippen LogP contribution in [0.15, 0.2) is 67.0 Å². The van der Waals surface area contributed by atoms with Crippen molar-refractivity contribution in [3.05, 3.63) is 88.7 Å². The maximum Gasteiger partial charge on any atom is 0.408 e. The van der Waals surface area contributed by atoms with Gasteiger partial charge in [0, 0.05) is 17.4 Å². The third kappa shape index (κ3) is 6.06. The summed E-state index contributed by atoms with van der Waals surface area (Å²) in [4.78, 5) is 16.6. The number of carbonyl (C=O) groups excluding carboxylic acids is 1. The van der Waals surface area contributed by atoms with Crippen molar-refractivity contribution in [3.63, 3.8) is 0 Å². The molecule has 0 spiro atoms. The minimum atomic E-state index is -1.01. The SMILES string of the molecule is Cc1ccc(C(NC(=O)OC(C)(C)C)C(O)c2ccc(-c3cccnc3)cc2)cc1Cl. The van der Waals surface area contributed by atoms with Gasteiger partial charge in [0.2, 0.25) is 0 Å². The van der Waals surface area contributed by atoms with E-state index in [0.717, 1.165) is 16.7 Å². The van der Waals surface area contributed by atoms with E-state index in [4.69, 9.17) is 16.3 Å². The van der Waals surface area contributed by atoms with Crippen LogP contribution in [0, 0.1) is 6.92 Å². The number of nitrogens with zero attached hydrogens (tertiary/aromatic N) is 1. The van der Waals surface area contributed by atoms with Crippen molar-refractivity contribution in [3.8, 4) is 11.1 Å². The topological polar surface area (TPSA) is 71.5 Å². The van der Waals surface area contributed by atoms with E-state index in [1.54, 1.807) is 39.2 Å². The van der Waals surface area contributed by atoms with Gasteiger partial charge < -0.3 is 15.2 Å². The van der Waals surface area contributed by atoms with Gasteiger partial charge in [-0.25, -0.2) is 4.79 Å². The molecule has 3 aromatic rings. The Hall–Kier alpha value is -2.89. The number of aliphatic hydroxyl groups excluding tert-OH is 1. The average molecular weight is 439 g/mol. The fourth-order valence-electron chi connectivity index (χ4n) is 3.18. The predicted octanol–water partition coefficient (Wildman–Crippen LogP) is 6.01. The fourth-order valence-corrected chi connectivity index (χ4v) is 3.37. The smallest absolute Gasteiger partial charge is 0.408 e. The van der Waals surface area contributed by atoms with Gasteiger partial charge in [-0.15, -0.1) is 0 Å². The molecule has 6 heteroatoms. The van der Waals surface area contributed by atoms with Crippen LogP contribution in [0.4, 0.5) is 4.79 Å². The number of nitrogens with one attached hydrogen (secondary N) is 1. The number of ether oxygens (including phenoxy) is 1. The molecule has 2 N–H and O–H groups in total. The number of hydrogen-bond donors (Lipinski definition) is 2. The Balaban J connectivity index is 1.90. The molecule has 0 saturated heterocycles. The lowest BCUT2D eigenvalue weighted by molar-refractivity contribution is 0.0419. The highest BCUT2D eigenvalue weighted by atomic mass is 35.5. The number of hydrogen-bond acceptors (Lipinski definition) is 4. The van der Waals surface area contributed by atoms with Gasteiger partial charge in [0.25, 0.3) is 0 Å². The lowest BCUT2D eigenvalue weighted by Crippen LogP contribution is -2.37. The summed E-state index contributed by atoms with van der Waals surface area (Å²) in [6, 6.07) is 16.1. The zero-order valence-electron chi connectivity index (χ0n) is 18.1. The minimum absolute atomic E-state index is 0.563. The molecule has 3 rings (SSSR count). The summed E-state index contributed by atoms with van der Waals surface area (Å²) in [5, 5.41) is 14.5. The summed E-state index contributed by atoms with van der Waals surface area (Å²) in [6.45, 7) is 7.27. The molecule has 2 aromatic carbocycles. The van der Waals surface area contributed by atoms with Gasteiger partial charge in [-0.1, -0.05) is 54.1 Å². The molecule has 0 bridgehead atoms. The molecule has 1 aromatic heterocycles. The van der Waals surface area contributed by atoms with Crippen molar-refractivity contribution >= 4 is 17.7 Å². The molecular weight excluding hydrogens is 412 g/mol. The maximum atomic E-state index is 12.5. The van der Waals surface area contributed by atoms with Crippen molar-refractivity contribution in [2.75, 3.05) is 0 Å². The maximum absolute atomic E-state index is 12.5. The van der Waals surface area contributed by atoms with E-state index in [2.05, 4.69) is 10.3 Å². The van der Waals surface area contributed by atoms with Crippen LogP contribution in [0.5, 0.6) is 0 Å². The zero-order valence-corrected chi connectivity index (χ0v) is 18.9. The van der Waals surface area contributed by atoms with Gasteiger partial charge >= 0.3 is 6.09 Å². The standard InChI is InChI=1S/C25H27ClN2O3/c1-16-7-8-19(14-21(16)26)22(28-24(30)31-25(2,3)4)23(29)18-11-9-17(10-12-18)20-6-5-13-27-15-20/h5-15,22-23,29H,1-4H3,(H,28,30). The van der Waals surface area contributed by atoms with Crippen molar-refractivity contribution in [1.29, 1.82) is 0 Å². The van der Waals surface area contributed by atoms with E-state index >= 15 is 0 Å². The Labute approximate surface area is 188 Å². The van der Waals surface area contributed by atoms with Gasteiger partial charge in [-0.2, -0.15) is 0 Å². The highest BCUT2D eigenvalue weighted by Gasteiger charge is 2.27. The second-order valence-corrected chi connectivity index (χ2v) is 8.85. The number of pyridine rings is 1. The average Bonchev–Trinajstić information content (AvgIpc) is 2.73. The van der Waals surface area contributed by atoms with Gasteiger partial charge in [-0.3, -0.25) is 4.98 Å². The first-order valence-electron chi connectivity index (χ1n) is 10.1. The van der Waals surface area contributed by atoms with Crippen LogP contribution >= 0.6 is 11.6 Å². The van der Waals surface area contributed by atoms with E-state index in [-0.39, 0.29) is 0 Å². The number of benzene rings is 2. The molecule has 2 atom stereocenters. The third-order valence-corrected chi connectivity index (χ3v) is 5.20. The third-order valence-electron chi connectivity index (χ3n) is 4.79. The minimum Gasteiger partial charge on any atom is -0.444 e. The fraction of sp³-hybridized carbons (Fsp3) is 0.280. The largest absolute Gasteiger partial charge is 0.444 e. The molecule has 162 valence electrons. The van der Waals surface area contributed by atoms with Crippen LogP contribution in [0.3, 0.4) is 0 Å². The molecule has 1 heterocycles. The molecule has 0 aliphatic rings. The second-order valence-electron chi connectivity index (χ2n) is 8.44. The molecular formula is C25H27ClN2O3. The summed E-state index contributed by atoms with van der Waals surface area (Å²) in [5.41, 5.74) is 3.57. The van der Waals surface area contributed by atoms with Crippen molar-refractivity contribution in [1.82, 2.24) is 10.3 Å². The molecule has 0 fully saturated rings. The van der Waals surface area contributed by atoms with Gasteiger partial charge in [0.05, 0.1) is 6.04 Å². The molecule has 5 nitrogen and oxygen atoms in total. The molecule has 0 radical (unpaired) electrons. The Morgan fingerprint density at radius 3 is 2.32 bits per heavy atom. The summed E-state index contributed by atoms with van der Waals surface area (Å²) < 4.78 is 5.41.